The number of nitrogens with two attached hydrogens (primary N) is 1. The van der Waals surface area contributed by atoms with Crippen LogP contribution in [0.4, 0.5) is 11.4 Å². The molecular formula is C32H33ClN4O4. The van der Waals surface area contributed by atoms with E-state index in [0.29, 0.717) is 51.4 Å². The fraction of sp³-hybridized carbons (Fsp3) is 0.188. The fourth-order valence-corrected chi connectivity index (χ4v) is 4.49. The van der Waals surface area contributed by atoms with E-state index < -0.39 is 6.04 Å². The van der Waals surface area contributed by atoms with Gasteiger partial charge in [0.05, 0.1) is 7.11 Å². The number of halogens is 1. The van der Waals surface area contributed by atoms with Gasteiger partial charge in [0.15, 0.2) is 5.78 Å². The maximum absolute atomic E-state index is 13.6. The summed E-state index contributed by atoms with van der Waals surface area (Å²) in [6.07, 6.45) is 5.30. The Balaban J connectivity index is 2.04. The third-order valence-corrected chi connectivity index (χ3v) is 6.75. The third kappa shape index (κ3) is 7.93. The normalized spacial score (nSPS) is 12.3. The van der Waals surface area contributed by atoms with Crippen LogP contribution >= 0.6 is 11.6 Å². The van der Waals surface area contributed by atoms with E-state index in [9.17, 15) is 14.4 Å². The van der Waals surface area contributed by atoms with Crippen LogP contribution in [-0.4, -0.2) is 49.3 Å². The Kier molecular flexibility index (Phi) is 11.0. The molecule has 0 aliphatic carbocycles. The molecular weight excluding hydrogens is 540 g/mol. The molecule has 0 heterocycles. The molecule has 0 aromatic heterocycles. The summed E-state index contributed by atoms with van der Waals surface area (Å²) >= 11 is 6.28. The van der Waals surface area contributed by atoms with Gasteiger partial charge in [-0.15, -0.1) is 0 Å². The quantitative estimate of drug-likeness (QED) is 0.0454. The van der Waals surface area contributed by atoms with Gasteiger partial charge >= 0.3 is 0 Å². The number of carbonyl (C=O) groups excluding carboxylic acids is 3. The summed E-state index contributed by atoms with van der Waals surface area (Å²) in [4.78, 5) is 39.8. The fourth-order valence-electron chi connectivity index (χ4n) is 4.32. The Morgan fingerprint density at radius 3 is 2.44 bits per heavy atom. The van der Waals surface area contributed by atoms with Gasteiger partial charge in [0.25, 0.3) is 0 Å². The second-order valence-electron chi connectivity index (χ2n) is 9.23. The summed E-state index contributed by atoms with van der Waals surface area (Å²) in [5, 5.41) is 10.8. The van der Waals surface area contributed by atoms with Gasteiger partial charge in [-0.25, -0.2) is 0 Å². The smallest absolute Gasteiger partial charge is 0.247 e. The Hall–Kier alpha value is -4.69. The molecule has 0 aliphatic heterocycles. The first-order valence-electron chi connectivity index (χ1n) is 12.9. The summed E-state index contributed by atoms with van der Waals surface area (Å²) < 4.78 is 5.71. The molecule has 1 unspecified atom stereocenters. The van der Waals surface area contributed by atoms with Crippen molar-refractivity contribution in [3.05, 3.63) is 112 Å². The van der Waals surface area contributed by atoms with E-state index in [0.717, 1.165) is 11.8 Å². The lowest BCUT2D eigenvalue weighted by molar-refractivity contribution is -0.120. The van der Waals surface area contributed by atoms with E-state index >= 15 is 0 Å². The molecule has 0 radical (unpaired) electrons. The second-order valence-corrected chi connectivity index (χ2v) is 9.67. The van der Waals surface area contributed by atoms with Gasteiger partial charge < -0.3 is 26.1 Å². The Bertz CT molecular complexity index is 1480. The number of anilines is 2. The van der Waals surface area contributed by atoms with Crippen molar-refractivity contribution in [1.29, 1.82) is 5.41 Å². The zero-order valence-electron chi connectivity index (χ0n) is 23.2. The molecule has 8 nitrogen and oxygen atoms in total. The highest BCUT2D eigenvalue weighted by Gasteiger charge is 2.25. The number of hydrogen-bond acceptors (Lipinski definition) is 7. The highest BCUT2D eigenvalue weighted by Crippen LogP contribution is 2.30. The molecule has 4 N–H and O–H groups in total. The predicted octanol–water partition coefficient (Wildman–Crippen LogP) is 5.76. The van der Waals surface area contributed by atoms with Crippen molar-refractivity contribution < 1.29 is 19.1 Å². The standard InChI is InChI=1S/C32H33ClN4O4/c1-4-30(39)25-13-11-23(33)17-27(25)26(14-15-38)31(41-3)20-37(2)29(16-21-8-6-5-7-9-21)32(40)36-24-12-10-22(19-34)28(35)18-24/h5-15,17-20,29,34H,4,16,35H2,1-3H3,(H,36,40)/b26-14-,31-20+,34-19?. The minimum Gasteiger partial charge on any atom is -0.495 e. The minimum absolute atomic E-state index is 0.119. The molecule has 1 atom stereocenters. The number of likely N-dealkylation sites (N-methyl/N-ethyl adjacent to an activating group) is 1. The van der Waals surface area contributed by atoms with Gasteiger partial charge in [-0.2, -0.15) is 0 Å². The zero-order valence-corrected chi connectivity index (χ0v) is 23.9. The molecule has 1 amide bonds. The number of methoxy groups -OCH3 is 1. The average molecular weight is 573 g/mol. The van der Waals surface area contributed by atoms with Crippen LogP contribution in [0.5, 0.6) is 0 Å². The third-order valence-electron chi connectivity index (χ3n) is 6.51. The lowest BCUT2D eigenvalue weighted by Crippen LogP contribution is -2.41. The van der Waals surface area contributed by atoms with Crippen LogP contribution in [0.25, 0.3) is 5.57 Å². The number of amides is 1. The topological polar surface area (TPSA) is 126 Å². The number of ketones is 1. The van der Waals surface area contributed by atoms with E-state index in [1.165, 1.54) is 13.2 Å². The number of nitrogens with zero attached hydrogens (tertiary/aromatic N) is 1. The Morgan fingerprint density at radius 1 is 1.10 bits per heavy atom. The molecule has 0 fully saturated rings. The first-order valence-corrected chi connectivity index (χ1v) is 13.3. The number of nitrogens with one attached hydrogen (secondary N) is 2. The van der Waals surface area contributed by atoms with E-state index in [4.69, 9.17) is 27.5 Å². The summed E-state index contributed by atoms with van der Waals surface area (Å²) in [6.45, 7) is 1.75. The van der Waals surface area contributed by atoms with E-state index in [2.05, 4.69) is 5.32 Å². The van der Waals surface area contributed by atoms with Crippen molar-refractivity contribution >= 4 is 52.7 Å². The van der Waals surface area contributed by atoms with Crippen LogP contribution in [0.1, 0.15) is 40.4 Å². The van der Waals surface area contributed by atoms with E-state index in [1.54, 1.807) is 61.5 Å². The number of ether oxygens (including phenoxy) is 1. The monoisotopic (exact) mass is 572 g/mol. The molecule has 9 heteroatoms. The van der Waals surface area contributed by atoms with Gasteiger partial charge in [0.2, 0.25) is 5.91 Å². The van der Waals surface area contributed by atoms with E-state index in [1.807, 2.05) is 30.3 Å². The minimum atomic E-state index is -0.709. The SMILES string of the molecule is CCC(=O)c1ccc(Cl)cc1C(=C/C=O)/C(=C\N(C)C(Cc1ccccc1)C(=O)Nc1ccc(C=N)c(N)c1)OC. The molecule has 0 saturated carbocycles. The number of Topliss-reactive ketones (excluding diaryl/α,β-unsaturated/α-hetero) is 1. The van der Waals surface area contributed by atoms with Crippen LogP contribution in [0.2, 0.25) is 5.02 Å². The van der Waals surface area contributed by atoms with Crippen molar-refractivity contribution in [3.8, 4) is 0 Å². The Labute approximate surface area is 245 Å². The first-order chi connectivity index (χ1) is 19.7. The van der Waals surface area contributed by atoms with Gasteiger partial charge in [-0.1, -0.05) is 48.9 Å². The molecule has 41 heavy (non-hydrogen) atoms. The van der Waals surface area contributed by atoms with Gasteiger partial charge in [-0.05, 0) is 53.6 Å². The lowest BCUT2D eigenvalue weighted by atomic mass is 9.94. The number of aldehydes is 1. The van der Waals surface area contributed by atoms with Crippen LogP contribution in [0.15, 0.2) is 84.8 Å². The number of hydrogen-bond donors (Lipinski definition) is 3. The first kappa shape index (κ1) is 30.8. The van der Waals surface area contributed by atoms with Crippen molar-refractivity contribution in [3.63, 3.8) is 0 Å². The van der Waals surface area contributed by atoms with Crippen molar-refractivity contribution in [1.82, 2.24) is 4.90 Å². The molecule has 212 valence electrons. The van der Waals surface area contributed by atoms with E-state index in [-0.39, 0.29) is 23.9 Å². The molecule has 3 rings (SSSR count). The molecule has 0 saturated heterocycles. The predicted molar refractivity (Wildman–Crippen MR) is 164 cm³/mol. The molecule has 3 aromatic rings. The summed E-state index contributed by atoms with van der Waals surface area (Å²) in [5.74, 6) is -0.167. The molecule has 0 aliphatic rings. The summed E-state index contributed by atoms with van der Waals surface area (Å²) in [7, 11) is 3.18. The number of rotatable bonds is 13. The van der Waals surface area contributed by atoms with Crippen LogP contribution in [-0.2, 0) is 20.7 Å². The van der Waals surface area contributed by atoms with Crippen LogP contribution in [0.3, 0.4) is 0 Å². The van der Waals surface area contributed by atoms with Gasteiger partial charge in [0.1, 0.15) is 18.1 Å². The van der Waals surface area contributed by atoms with Crippen LogP contribution in [0, 0.1) is 5.41 Å². The summed E-state index contributed by atoms with van der Waals surface area (Å²) in [5.41, 5.74) is 9.55. The molecule has 0 bridgehead atoms. The van der Waals surface area contributed by atoms with Crippen LogP contribution < -0.4 is 11.1 Å². The van der Waals surface area contributed by atoms with Gasteiger partial charge in [0, 0.05) is 65.4 Å². The van der Waals surface area contributed by atoms with Crippen molar-refractivity contribution in [2.24, 2.45) is 0 Å². The molecule has 0 spiro atoms. The number of allylic oxidation sites excluding steroid dienone is 2. The number of benzene rings is 3. The molecule has 3 aromatic carbocycles. The maximum atomic E-state index is 13.6. The lowest BCUT2D eigenvalue weighted by Gasteiger charge is -2.27. The summed E-state index contributed by atoms with van der Waals surface area (Å²) in [6, 6.07) is 18.6. The average Bonchev–Trinajstić information content (AvgIpc) is 2.97. The number of nitrogen functional groups attached to an aromatic ring is 1. The van der Waals surface area contributed by atoms with Crippen molar-refractivity contribution in [2.75, 3.05) is 25.2 Å². The number of carbonyl (C=O) groups is 3. The zero-order chi connectivity index (χ0) is 29.9. The highest BCUT2D eigenvalue weighted by atomic mass is 35.5. The van der Waals surface area contributed by atoms with Gasteiger partial charge in [-0.3, -0.25) is 14.4 Å². The Morgan fingerprint density at radius 2 is 1.83 bits per heavy atom. The second kappa shape index (κ2) is 14.6. The maximum Gasteiger partial charge on any atom is 0.247 e. The largest absolute Gasteiger partial charge is 0.495 e. The highest BCUT2D eigenvalue weighted by molar-refractivity contribution is 6.31. The van der Waals surface area contributed by atoms with Crippen molar-refractivity contribution in [2.45, 2.75) is 25.8 Å².